The van der Waals surface area contributed by atoms with E-state index in [4.69, 9.17) is 9.47 Å². The standard InChI is InChI=1S/C25H24N2O5/c1-25(15-20-13-8-14-21(16-28)26-20)23(29)32-22(19-11-6-3-7-12-19)27(25)24(30)31-17-18-9-4-2-5-10-18/h2-14,22,28H,15-17H2,1H3/t22-,25+/m0/s1. The molecular weight excluding hydrogens is 408 g/mol. The highest BCUT2D eigenvalue weighted by Crippen LogP contribution is 2.40. The molecule has 7 heteroatoms. The van der Waals surface area contributed by atoms with Crippen LogP contribution in [-0.2, 0) is 33.9 Å². The van der Waals surface area contributed by atoms with Crippen LogP contribution in [0.25, 0.3) is 0 Å². The van der Waals surface area contributed by atoms with E-state index < -0.39 is 23.8 Å². The molecule has 1 fully saturated rings. The van der Waals surface area contributed by atoms with Crippen molar-refractivity contribution in [3.63, 3.8) is 0 Å². The average molecular weight is 432 g/mol. The number of aromatic nitrogens is 1. The predicted molar refractivity (Wildman–Crippen MR) is 116 cm³/mol. The summed E-state index contributed by atoms with van der Waals surface area (Å²) < 4.78 is 11.3. The monoisotopic (exact) mass is 432 g/mol. The minimum atomic E-state index is -1.34. The Balaban J connectivity index is 1.66. The number of hydrogen-bond acceptors (Lipinski definition) is 6. The maximum atomic E-state index is 13.3. The number of amides is 1. The zero-order valence-corrected chi connectivity index (χ0v) is 17.7. The van der Waals surface area contributed by atoms with Gasteiger partial charge in [0.1, 0.15) is 6.61 Å². The molecule has 164 valence electrons. The van der Waals surface area contributed by atoms with Crippen LogP contribution < -0.4 is 0 Å². The summed E-state index contributed by atoms with van der Waals surface area (Å²) in [4.78, 5) is 32.1. The summed E-state index contributed by atoms with van der Waals surface area (Å²) in [6.45, 7) is 1.50. The number of hydrogen-bond donors (Lipinski definition) is 1. The summed E-state index contributed by atoms with van der Waals surface area (Å²) in [6.07, 6.45) is -1.46. The minimum absolute atomic E-state index is 0.0696. The number of esters is 1. The first kappa shape index (κ1) is 21.5. The Hall–Kier alpha value is -3.71. The summed E-state index contributed by atoms with van der Waals surface area (Å²) >= 11 is 0. The van der Waals surface area contributed by atoms with Crippen LogP contribution in [-0.4, -0.2) is 32.6 Å². The van der Waals surface area contributed by atoms with Gasteiger partial charge in [0, 0.05) is 17.7 Å². The Morgan fingerprint density at radius 2 is 1.69 bits per heavy atom. The maximum absolute atomic E-state index is 13.3. The highest BCUT2D eigenvalue weighted by atomic mass is 16.6. The number of aliphatic hydroxyl groups excluding tert-OH is 1. The summed E-state index contributed by atoms with van der Waals surface area (Å²) in [6, 6.07) is 23.6. The lowest BCUT2D eigenvalue weighted by Gasteiger charge is -2.32. The van der Waals surface area contributed by atoms with Crippen molar-refractivity contribution in [2.45, 2.75) is 38.3 Å². The van der Waals surface area contributed by atoms with Crippen molar-refractivity contribution in [1.29, 1.82) is 0 Å². The Morgan fingerprint density at radius 1 is 1.03 bits per heavy atom. The van der Waals surface area contributed by atoms with E-state index in [-0.39, 0.29) is 19.6 Å². The minimum Gasteiger partial charge on any atom is -0.444 e. The van der Waals surface area contributed by atoms with Gasteiger partial charge in [0.15, 0.2) is 5.54 Å². The first-order valence-corrected chi connectivity index (χ1v) is 10.3. The summed E-state index contributed by atoms with van der Waals surface area (Å²) in [5.74, 6) is -0.542. The molecule has 3 aromatic rings. The maximum Gasteiger partial charge on any atom is 0.414 e. The van der Waals surface area contributed by atoms with Crippen molar-refractivity contribution in [1.82, 2.24) is 9.88 Å². The zero-order valence-electron chi connectivity index (χ0n) is 17.7. The third-order valence-corrected chi connectivity index (χ3v) is 5.46. The van der Waals surface area contributed by atoms with Gasteiger partial charge in [0.2, 0.25) is 6.23 Å². The third-order valence-electron chi connectivity index (χ3n) is 5.46. The van der Waals surface area contributed by atoms with Gasteiger partial charge in [0.05, 0.1) is 12.3 Å². The normalized spacial score (nSPS) is 20.1. The van der Waals surface area contributed by atoms with Crippen LogP contribution >= 0.6 is 0 Å². The van der Waals surface area contributed by atoms with E-state index in [0.717, 1.165) is 5.56 Å². The fourth-order valence-corrected chi connectivity index (χ4v) is 3.78. The number of nitrogens with zero attached hydrogens (tertiary/aromatic N) is 2. The molecule has 0 bridgehead atoms. The second kappa shape index (κ2) is 9.20. The van der Waals surface area contributed by atoms with Gasteiger partial charge in [-0.25, -0.2) is 9.59 Å². The number of cyclic esters (lactones) is 1. The largest absolute Gasteiger partial charge is 0.444 e. The molecule has 2 atom stereocenters. The molecule has 2 heterocycles. The second-order valence-corrected chi connectivity index (χ2v) is 7.81. The summed E-state index contributed by atoms with van der Waals surface area (Å²) in [7, 11) is 0. The van der Waals surface area contributed by atoms with Gasteiger partial charge in [-0.15, -0.1) is 0 Å². The Morgan fingerprint density at radius 3 is 2.38 bits per heavy atom. The molecule has 0 saturated carbocycles. The fraction of sp³-hybridized carbons (Fsp3) is 0.240. The molecule has 32 heavy (non-hydrogen) atoms. The molecule has 0 radical (unpaired) electrons. The molecule has 0 aliphatic carbocycles. The molecule has 1 aliphatic rings. The van der Waals surface area contributed by atoms with Gasteiger partial charge < -0.3 is 14.6 Å². The number of carbonyl (C=O) groups excluding carboxylic acids is 2. The molecule has 1 saturated heterocycles. The number of ether oxygens (including phenoxy) is 2. The molecule has 4 rings (SSSR count). The van der Waals surface area contributed by atoms with Crippen LogP contribution in [0.3, 0.4) is 0 Å². The summed E-state index contributed by atoms with van der Waals surface area (Å²) in [5.41, 5.74) is 1.21. The summed E-state index contributed by atoms with van der Waals surface area (Å²) in [5, 5.41) is 9.41. The fourth-order valence-electron chi connectivity index (χ4n) is 3.78. The highest BCUT2D eigenvalue weighted by molar-refractivity contribution is 5.89. The molecule has 1 N–H and O–H groups in total. The Kier molecular flexibility index (Phi) is 6.18. The molecule has 7 nitrogen and oxygen atoms in total. The van der Waals surface area contributed by atoms with Gasteiger partial charge in [-0.1, -0.05) is 66.7 Å². The van der Waals surface area contributed by atoms with Gasteiger partial charge in [0.25, 0.3) is 0 Å². The number of benzene rings is 2. The van der Waals surface area contributed by atoms with Crippen molar-refractivity contribution < 1.29 is 24.2 Å². The van der Waals surface area contributed by atoms with E-state index >= 15 is 0 Å². The molecule has 1 aromatic heterocycles. The van der Waals surface area contributed by atoms with Crippen LogP contribution in [0.1, 0.15) is 35.7 Å². The van der Waals surface area contributed by atoms with E-state index in [0.29, 0.717) is 17.0 Å². The number of carbonyl (C=O) groups is 2. The zero-order chi connectivity index (χ0) is 22.6. The Labute approximate surface area is 186 Å². The second-order valence-electron chi connectivity index (χ2n) is 7.81. The van der Waals surface area contributed by atoms with Crippen molar-refractivity contribution in [2.75, 3.05) is 0 Å². The number of aliphatic hydroxyl groups is 1. The lowest BCUT2D eigenvalue weighted by Crippen LogP contribution is -2.51. The van der Waals surface area contributed by atoms with Crippen LogP contribution in [0.2, 0.25) is 0 Å². The van der Waals surface area contributed by atoms with E-state index in [9.17, 15) is 14.7 Å². The van der Waals surface area contributed by atoms with Gasteiger partial charge in [-0.3, -0.25) is 9.88 Å². The molecule has 1 aliphatic heterocycles. The van der Waals surface area contributed by atoms with Crippen LogP contribution in [0, 0.1) is 0 Å². The van der Waals surface area contributed by atoms with Crippen molar-refractivity contribution in [2.24, 2.45) is 0 Å². The van der Waals surface area contributed by atoms with Crippen molar-refractivity contribution in [3.8, 4) is 0 Å². The Bertz CT molecular complexity index is 1090. The van der Waals surface area contributed by atoms with Gasteiger partial charge >= 0.3 is 12.1 Å². The van der Waals surface area contributed by atoms with E-state index in [1.165, 1.54) is 4.90 Å². The van der Waals surface area contributed by atoms with E-state index in [2.05, 4.69) is 4.98 Å². The van der Waals surface area contributed by atoms with Crippen LogP contribution in [0.4, 0.5) is 4.79 Å². The lowest BCUT2D eigenvalue weighted by molar-refractivity contribution is -0.145. The first-order chi connectivity index (χ1) is 15.5. The highest BCUT2D eigenvalue weighted by Gasteiger charge is 2.56. The van der Waals surface area contributed by atoms with Crippen LogP contribution in [0.5, 0.6) is 0 Å². The molecule has 0 spiro atoms. The molecular formula is C25H24N2O5. The quantitative estimate of drug-likeness (QED) is 0.597. The topological polar surface area (TPSA) is 89.0 Å². The smallest absolute Gasteiger partial charge is 0.414 e. The van der Waals surface area contributed by atoms with E-state index in [1.807, 2.05) is 48.5 Å². The number of rotatable bonds is 6. The van der Waals surface area contributed by atoms with Gasteiger partial charge in [-0.05, 0) is 24.6 Å². The third kappa shape index (κ3) is 4.33. The van der Waals surface area contributed by atoms with Crippen molar-refractivity contribution in [3.05, 3.63) is 101 Å². The average Bonchev–Trinajstić information content (AvgIpc) is 3.09. The molecule has 1 amide bonds. The predicted octanol–water partition coefficient (Wildman–Crippen LogP) is 3.77. The molecule has 0 unspecified atom stereocenters. The number of pyridine rings is 1. The van der Waals surface area contributed by atoms with Gasteiger partial charge in [-0.2, -0.15) is 0 Å². The SMILES string of the molecule is C[C@@]1(Cc2cccc(CO)n2)C(=O)O[C@@H](c2ccccc2)N1C(=O)OCc1ccccc1. The van der Waals surface area contributed by atoms with Crippen molar-refractivity contribution >= 4 is 12.1 Å². The first-order valence-electron chi connectivity index (χ1n) is 10.3. The van der Waals surface area contributed by atoms with Crippen LogP contribution in [0.15, 0.2) is 78.9 Å². The van der Waals surface area contributed by atoms with E-state index in [1.54, 1.807) is 37.3 Å². The molecule has 2 aromatic carbocycles. The lowest BCUT2D eigenvalue weighted by atomic mass is 9.94.